The van der Waals surface area contributed by atoms with Gasteiger partial charge >= 0.3 is 0 Å². The first-order valence-corrected chi connectivity index (χ1v) is 8.23. The van der Waals surface area contributed by atoms with Crippen LogP contribution < -0.4 is 5.32 Å². The van der Waals surface area contributed by atoms with Crippen LogP contribution in [0.3, 0.4) is 0 Å². The second-order valence-electron chi connectivity index (χ2n) is 6.24. The van der Waals surface area contributed by atoms with E-state index in [1.54, 1.807) is 6.07 Å². The highest BCUT2D eigenvalue weighted by atomic mass is 35.5. The predicted octanol–water partition coefficient (Wildman–Crippen LogP) is 5.24. The number of rotatable bonds is 3. The fraction of sp³-hybridized carbons (Fsp3) is 0.316. The standard InChI is InChI=1S/C19H19ClFNO/c1-13-7-8-17(16(20)11-13)22-18(23)19(9-2-3-10-19)14-5-4-6-15(21)12-14/h4-8,11-12H,2-3,9-10H2,1H3,(H,22,23). The first-order valence-electron chi connectivity index (χ1n) is 7.85. The van der Waals surface area contributed by atoms with E-state index in [2.05, 4.69) is 5.32 Å². The van der Waals surface area contributed by atoms with Crippen LogP contribution in [0.4, 0.5) is 10.1 Å². The molecule has 1 saturated carbocycles. The van der Waals surface area contributed by atoms with Gasteiger partial charge in [0.15, 0.2) is 0 Å². The molecule has 2 aromatic rings. The van der Waals surface area contributed by atoms with E-state index in [1.165, 1.54) is 12.1 Å². The van der Waals surface area contributed by atoms with E-state index < -0.39 is 5.41 Å². The molecule has 120 valence electrons. The normalized spacial score (nSPS) is 16.3. The van der Waals surface area contributed by atoms with Crippen molar-refractivity contribution >= 4 is 23.2 Å². The van der Waals surface area contributed by atoms with Crippen LogP contribution in [-0.4, -0.2) is 5.91 Å². The highest BCUT2D eigenvalue weighted by molar-refractivity contribution is 6.33. The Morgan fingerprint density at radius 2 is 1.91 bits per heavy atom. The Labute approximate surface area is 140 Å². The van der Waals surface area contributed by atoms with Gasteiger partial charge in [-0.25, -0.2) is 4.39 Å². The Balaban J connectivity index is 1.93. The molecule has 0 heterocycles. The lowest BCUT2D eigenvalue weighted by molar-refractivity contribution is -0.121. The van der Waals surface area contributed by atoms with Gasteiger partial charge in [0.2, 0.25) is 5.91 Å². The molecule has 0 bridgehead atoms. The maximum atomic E-state index is 13.6. The van der Waals surface area contributed by atoms with Gasteiger partial charge in [0, 0.05) is 0 Å². The van der Waals surface area contributed by atoms with Crippen LogP contribution >= 0.6 is 11.6 Å². The summed E-state index contributed by atoms with van der Waals surface area (Å²) in [6, 6.07) is 11.9. The van der Waals surface area contributed by atoms with Crippen LogP contribution in [0.1, 0.15) is 36.8 Å². The zero-order chi connectivity index (χ0) is 16.4. The molecular weight excluding hydrogens is 313 g/mol. The third-order valence-electron chi connectivity index (χ3n) is 4.64. The Morgan fingerprint density at radius 1 is 1.17 bits per heavy atom. The highest BCUT2D eigenvalue weighted by Crippen LogP contribution is 2.42. The van der Waals surface area contributed by atoms with Gasteiger partial charge < -0.3 is 5.32 Å². The van der Waals surface area contributed by atoms with E-state index in [9.17, 15) is 9.18 Å². The van der Waals surface area contributed by atoms with E-state index >= 15 is 0 Å². The van der Waals surface area contributed by atoms with Crippen molar-refractivity contribution in [1.29, 1.82) is 0 Å². The molecule has 1 aliphatic rings. The van der Waals surface area contributed by atoms with Gasteiger partial charge in [0.05, 0.1) is 16.1 Å². The number of anilines is 1. The van der Waals surface area contributed by atoms with Crippen molar-refractivity contribution in [1.82, 2.24) is 0 Å². The number of hydrogen-bond donors (Lipinski definition) is 1. The van der Waals surface area contributed by atoms with Crippen molar-refractivity contribution in [2.24, 2.45) is 0 Å². The summed E-state index contributed by atoms with van der Waals surface area (Å²) in [5.41, 5.74) is 1.71. The molecule has 0 saturated heterocycles. The van der Waals surface area contributed by atoms with E-state index in [-0.39, 0.29) is 11.7 Å². The van der Waals surface area contributed by atoms with E-state index in [0.29, 0.717) is 10.7 Å². The number of carbonyl (C=O) groups excluding carboxylic acids is 1. The second-order valence-corrected chi connectivity index (χ2v) is 6.64. The van der Waals surface area contributed by atoms with Gasteiger partial charge in [-0.3, -0.25) is 4.79 Å². The molecule has 1 N–H and O–H groups in total. The van der Waals surface area contributed by atoms with E-state index in [1.807, 2.05) is 31.2 Å². The van der Waals surface area contributed by atoms with Crippen molar-refractivity contribution in [3.63, 3.8) is 0 Å². The fourth-order valence-corrected chi connectivity index (χ4v) is 3.66. The minimum absolute atomic E-state index is 0.105. The van der Waals surface area contributed by atoms with Crippen LogP contribution in [0.25, 0.3) is 0 Å². The molecule has 2 aromatic carbocycles. The van der Waals surface area contributed by atoms with Gasteiger partial charge in [-0.05, 0) is 55.2 Å². The molecule has 0 radical (unpaired) electrons. The average Bonchev–Trinajstić information content (AvgIpc) is 3.01. The van der Waals surface area contributed by atoms with Gasteiger partial charge in [-0.2, -0.15) is 0 Å². The molecule has 1 amide bonds. The molecule has 0 atom stereocenters. The van der Waals surface area contributed by atoms with Crippen LogP contribution in [0.2, 0.25) is 5.02 Å². The van der Waals surface area contributed by atoms with Crippen LogP contribution in [0.15, 0.2) is 42.5 Å². The molecule has 0 aromatic heterocycles. The number of nitrogens with one attached hydrogen (secondary N) is 1. The van der Waals surface area contributed by atoms with Gasteiger partial charge in [-0.1, -0.05) is 42.6 Å². The maximum absolute atomic E-state index is 13.6. The summed E-state index contributed by atoms with van der Waals surface area (Å²) in [5.74, 6) is -0.415. The van der Waals surface area contributed by atoms with Crippen molar-refractivity contribution in [3.05, 3.63) is 64.4 Å². The summed E-state index contributed by atoms with van der Waals surface area (Å²) in [6.45, 7) is 1.95. The molecule has 1 aliphatic carbocycles. The number of halogens is 2. The highest BCUT2D eigenvalue weighted by Gasteiger charge is 2.43. The third-order valence-corrected chi connectivity index (χ3v) is 4.95. The molecule has 0 unspecified atom stereocenters. The summed E-state index contributed by atoms with van der Waals surface area (Å²) in [4.78, 5) is 13.0. The summed E-state index contributed by atoms with van der Waals surface area (Å²) in [5, 5.41) is 3.46. The van der Waals surface area contributed by atoms with Crippen molar-refractivity contribution < 1.29 is 9.18 Å². The first-order chi connectivity index (χ1) is 11.0. The molecule has 2 nitrogen and oxygen atoms in total. The lowest BCUT2D eigenvalue weighted by Crippen LogP contribution is -2.38. The molecule has 23 heavy (non-hydrogen) atoms. The molecule has 0 spiro atoms. The minimum atomic E-state index is -0.670. The Kier molecular flexibility index (Phi) is 4.40. The van der Waals surface area contributed by atoms with Crippen molar-refractivity contribution in [2.45, 2.75) is 38.0 Å². The van der Waals surface area contributed by atoms with Crippen LogP contribution in [0, 0.1) is 12.7 Å². The molecule has 0 aliphatic heterocycles. The van der Waals surface area contributed by atoms with Crippen LogP contribution in [0.5, 0.6) is 0 Å². The van der Waals surface area contributed by atoms with Crippen molar-refractivity contribution in [3.8, 4) is 0 Å². The molecule has 3 rings (SSSR count). The van der Waals surface area contributed by atoms with E-state index in [0.717, 1.165) is 36.8 Å². The van der Waals surface area contributed by atoms with Gasteiger partial charge in [-0.15, -0.1) is 0 Å². The minimum Gasteiger partial charge on any atom is -0.324 e. The summed E-state index contributed by atoms with van der Waals surface area (Å²) in [6.07, 6.45) is 3.38. The first kappa shape index (κ1) is 16.0. The van der Waals surface area contributed by atoms with Crippen LogP contribution in [-0.2, 0) is 10.2 Å². The molecule has 1 fully saturated rings. The SMILES string of the molecule is Cc1ccc(NC(=O)C2(c3cccc(F)c3)CCCC2)c(Cl)c1. The third kappa shape index (κ3) is 3.11. The Hall–Kier alpha value is -1.87. The smallest absolute Gasteiger partial charge is 0.235 e. The summed E-state index contributed by atoms with van der Waals surface area (Å²) < 4.78 is 13.6. The number of benzene rings is 2. The monoisotopic (exact) mass is 331 g/mol. The van der Waals surface area contributed by atoms with E-state index in [4.69, 9.17) is 11.6 Å². The zero-order valence-electron chi connectivity index (χ0n) is 13.0. The summed E-state index contributed by atoms with van der Waals surface area (Å²) in [7, 11) is 0. The second kappa shape index (κ2) is 6.32. The fourth-order valence-electron chi connectivity index (χ4n) is 3.37. The van der Waals surface area contributed by atoms with Gasteiger partial charge in [0.1, 0.15) is 5.82 Å². The molecule has 4 heteroatoms. The lowest BCUT2D eigenvalue weighted by Gasteiger charge is -2.28. The topological polar surface area (TPSA) is 29.1 Å². The number of amides is 1. The lowest BCUT2D eigenvalue weighted by atomic mass is 9.78. The largest absolute Gasteiger partial charge is 0.324 e. The number of aryl methyl sites for hydroxylation is 1. The zero-order valence-corrected chi connectivity index (χ0v) is 13.8. The quantitative estimate of drug-likeness (QED) is 0.819. The Bertz CT molecular complexity index is 738. The maximum Gasteiger partial charge on any atom is 0.235 e. The predicted molar refractivity (Wildman–Crippen MR) is 91.4 cm³/mol. The van der Waals surface area contributed by atoms with Crippen molar-refractivity contribution in [2.75, 3.05) is 5.32 Å². The summed E-state index contributed by atoms with van der Waals surface area (Å²) >= 11 is 6.22. The number of hydrogen-bond acceptors (Lipinski definition) is 1. The number of carbonyl (C=O) groups is 1. The van der Waals surface area contributed by atoms with Gasteiger partial charge in [0.25, 0.3) is 0 Å². The molecular formula is C19H19ClFNO. The average molecular weight is 332 g/mol. The Morgan fingerprint density at radius 3 is 2.57 bits per heavy atom.